The molecule has 2 nitrogen and oxygen atoms in total. The fraction of sp³-hybridized carbons (Fsp3) is 0.0714. The van der Waals surface area contributed by atoms with Gasteiger partial charge in [0.25, 0.3) is 0 Å². The van der Waals surface area contributed by atoms with E-state index in [-0.39, 0.29) is 0 Å². The van der Waals surface area contributed by atoms with Gasteiger partial charge < -0.3 is 4.90 Å². The van der Waals surface area contributed by atoms with Crippen LogP contribution in [0.4, 0.5) is 11.4 Å². The Labute approximate surface area is 104 Å². The zero-order valence-corrected chi connectivity index (χ0v) is 10.3. The number of pyridine rings is 1. The number of hydrogen-bond donors (Lipinski definition) is 0. The Hall–Kier alpha value is -1.87. The second-order valence-corrected chi connectivity index (χ2v) is 4.79. The summed E-state index contributed by atoms with van der Waals surface area (Å²) in [4.78, 5) is 6.24. The number of aromatic nitrogens is 1. The van der Waals surface area contributed by atoms with Gasteiger partial charge >= 0.3 is 0 Å². The van der Waals surface area contributed by atoms with Crippen LogP contribution in [0.25, 0.3) is 10.1 Å². The molecule has 0 aliphatic heterocycles. The lowest BCUT2D eigenvalue weighted by Gasteiger charge is -2.18. The Morgan fingerprint density at radius 3 is 2.65 bits per heavy atom. The second-order valence-electron chi connectivity index (χ2n) is 3.88. The first-order valence-corrected chi connectivity index (χ1v) is 6.34. The van der Waals surface area contributed by atoms with Crippen molar-refractivity contribution >= 4 is 32.8 Å². The third-order valence-electron chi connectivity index (χ3n) is 2.87. The topological polar surface area (TPSA) is 16.1 Å². The van der Waals surface area contributed by atoms with Crippen LogP contribution in [0.1, 0.15) is 0 Å². The van der Waals surface area contributed by atoms with Crippen LogP contribution in [-0.2, 0) is 0 Å². The Morgan fingerprint density at radius 1 is 1.06 bits per heavy atom. The van der Waals surface area contributed by atoms with Crippen LogP contribution in [0.3, 0.4) is 0 Å². The van der Waals surface area contributed by atoms with Crippen LogP contribution in [-0.4, -0.2) is 12.0 Å². The highest BCUT2D eigenvalue weighted by atomic mass is 32.1. The average molecular weight is 240 g/mol. The van der Waals surface area contributed by atoms with Crippen LogP contribution >= 0.6 is 11.3 Å². The molecule has 84 valence electrons. The maximum absolute atomic E-state index is 4.05. The Morgan fingerprint density at radius 2 is 1.82 bits per heavy atom. The molecule has 0 aliphatic carbocycles. The lowest BCUT2D eigenvalue weighted by molar-refractivity contribution is 1.20. The molecule has 0 saturated heterocycles. The van der Waals surface area contributed by atoms with E-state index in [9.17, 15) is 0 Å². The van der Waals surface area contributed by atoms with E-state index in [1.165, 1.54) is 15.8 Å². The number of hydrogen-bond acceptors (Lipinski definition) is 3. The maximum Gasteiger partial charge on any atom is 0.0596 e. The Kier molecular flexibility index (Phi) is 2.53. The number of thiophene rings is 1. The molecule has 0 aliphatic rings. The summed E-state index contributed by atoms with van der Waals surface area (Å²) in [6.07, 6.45) is 3.64. The molecule has 2 aromatic heterocycles. The van der Waals surface area contributed by atoms with Crippen molar-refractivity contribution in [3.8, 4) is 0 Å². The minimum Gasteiger partial charge on any atom is -0.343 e. The van der Waals surface area contributed by atoms with Crippen LogP contribution in [0, 0.1) is 0 Å². The molecule has 0 spiro atoms. The molecule has 3 heteroatoms. The van der Waals surface area contributed by atoms with Gasteiger partial charge in [0, 0.05) is 40.6 Å². The quantitative estimate of drug-likeness (QED) is 0.671. The Balaban J connectivity index is 2.10. The highest BCUT2D eigenvalue weighted by Gasteiger charge is 2.09. The fourth-order valence-electron chi connectivity index (χ4n) is 1.93. The molecular weight excluding hydrogens is 228 g/mol. The molecule has 0 N–H and O–H groups in total. The number of anilines is 2. The zero-order chi connectivity index (χ0) is 11.7. The smallest absolute Gasteiger partial charge is 0.0596 e. The van der Waals surface area contributed by atoms with Crippen molar-refractivity contribution in [2.24, 2.45) is 0 Å². The summed E-state index contributed by atoms with van der Waals surface area (Å²) >= 11 is 1.78. The molecule has 2 heterocycles. The van der Waals surface area contributed by atoms with Crippen molar-refractivity contribution in [2.45, 2.75) is 0 Å². The minimum absolute atomic E-state index is 1.16. The van der Waals surface area contributed by atoms with E-state index in [1.54, 1.807) is 11.3 Å². The lowest BCUT2D eigenvalue weighted by Crippen LogP contribution is -2.08. The van der Waals surface area contributed by atoms with Crippen LogP contribution in [0.5, 0.6) is 0 Å². The summed E-state index contributed by atoms with van der Waals surface area (Å²) in [5, 5.41) is 3.50. The predicted octanol–water partition coefficient (Wildman–Crippen LogP) is 4.06. The molecule has 17 heavy (non-hydrogen) atoms. The molecule has 1 aromatic carbocycles. The first-order valence-electron chi connectivity index (χ1n) is 5.46. The van der Waals surface area contributed by atoms with Gasteiger partial charge in [-0.05, 0) is 18.2 Å². The third kappa shape index (κ3) is 1.78. The number of benzene rings is 1. The minimum atomic E-state index is 1.16. The summed E-state index contributed by atoms with van der Waals surface area (Å²) in [7, 11) is 2.09. The van der Waals surface area contributed by atoms with Crippen LogP contribution < -0.4 is 4.90 Å². The molecule has 0 saturated carbocycles. The Bertz CT molecular complexity index is 631. The first-order chi connectivity index (χ1) is 8.36. The normalized spacial score (nSPS) is 10.6. The van der Waals surface area contributed by atoms with E-state index in [4.69, 9.17) is 0 Å². The average Bonchev–Trinajstić information content (AvgIpc) is 2.83. The summed E-state index contributed by atoms with van der Waals surface area (Å²) < 4.78 is 1.32. The fourth-order valence-corrected chi connectivity index (χ4v) is 2.91. The van der Waals surface area contributed by atoms with Crippen molar-refractivity contribution in [3.05, 3.63) is 54.2 Å². The zero-order valence-electron chi connectivity index (χ0n) is 9.50. The van der Waals surface area contributed by atoms with Gasteiger partial charge in [0.15, 0.2) is 0 Å². The summed E-state index contributed by atoms with van der Waals surface area (Å²) in [5.41, 5.74) is 2.40. The highest BCUT2D eigenvalue weighted by Crippen LogP contribution is 2.35. The molecule has 0 amide bonds. The molecule has 0 atom stereocenters. The summed E-state index contributed by atoms with van der Waals surface area (Å²) in [5.74, 6) is 0. The van der Waals surface area contributed by atoms with Crippen molar-refractivity contribution in [1.82, 2.24) is 4.98 Å². The largest absolute Gasteiger partial charge is 0.343 e. The van der Waals surface area contributed by atoms with Gasteiger partial charge in [-0.3, -0.25) is 4.98 Å². The van der Waals surface area contributed by atoms with E-state index in [1.807, 2.05) is 24.5 Å². The van der Waals surface area contributed by atoms with Crippen molar-refractivity contribution < 1.29 is 0 Å². The van der Waals surface area contributed by atoms with Gasteiger partial charge in [0.1, 0.15) is 0 Å². The maximum atomic E-state index is 4.05. The molecule has 3 aromatic rings. The molecular formula is C14H12N2S. The molecule has 0 bridgehead atoms. The first kappa shape index (κ1) is 10.3. The molecule has 0 unspecified atom stereocenters. The van der Waals surface area contributed by atoms with E-state index in [2.05, 4.69) is 46.6 Å². The number of rotatable bonds is 2. The molecule has 0 radical (unpaired) electrons. The van der Waals surface area contributed by atoms with Gasteiger partial charge in [-0.25, -0.2) is 0 Å². The van der Waals surface area contributed by atoms with Gasteiger partial charge in [0.2, 0.25) is 0 Å². The van der Waals surface area contributed by atoms with Crippen LogP contribution in [0.15, 0.2) is 54.2 Å². The molecule has 0 fully saturated rings. The number of nitrogens with zero attached hydrogens (tertiary/aromatic N) is 2. The second kappa shape index (κ2) is 4.18. The molecule has 3 rings (SSSR count). The van der Waals surface area contributed by atoms with Gasteiger partial charge in [-0.15, -0.1) is 11.3 Å². The standard InChI is InChI=1S/C14H12N2S/c1-16(11-6-8-15-9-7-11)13-10-17-14-5-3-2-4-12(13)14/h2-10H,1H3. The monoisotopic (exact) mass is 240 g/mol. The van der Waals surface area contributed by atoms with Crippen molar-refractivity contribution in [2.75, 3.05) is 11.9 Å². The van der Waals surface area contributed by atoms with Crippen molar-refractivity contribution in [1.29, 1.82) is 0 Å². The lowest BCUT2D eigenvalue weighted by atomic mass is 10.2. The van der Waals surface area contributed by atoms with E-state index >= 15 is 0 Å². The number of fused-ring (bicyclic) bond motifs is 1. The van der Waals surface area contributed by atoms with Gasteiger partial charge in [-0.1, -0.05) is 18.2 Å². The summed E-state index contributed by atoms with van der Waals surface area (Å²) in [6.45, 7) is 0. The van der Waals surface area contributed by atoms with E-state index in [0.29, 0.717) is 0 Å². The van der Waals surface area contributed by atoms with Gasteiger partial charge in [0.05, 0.1) is 5.69 Å². The van der Waals surface area contributed by atoms with Gasteiger partial charge in [-0.2, -0.15) is 0 Å². The van der Waals surface area contributed by atoms with E-state index in [0.717, 1.165) is 5.69 Å². The third-order valence-corrected chi connectivity index (χ3v) is 3.82. The highest BCUT2D eigenvalue weighted by molar-refractivity contribution is 7.17. The van der Waals surface area contributed by atoms with E-state index < -0.39 is 0 Å². The van der Waals surface area contributed by atoms with Crippen molar-refractivity contribution in [3.63, 3.8) is 0 Å². The van der Waals surface area contributed by atoms with Crippen LogP contribution in [0.2, 0.25) is 0 Å². The summed E-state index contributed by atoms with van der Waals surface area (Å²) in [6, 6.07) is 12.5. The predicted molar refractivity (Wildman–Crippen MR) is 74.1 cm³/mol. The SMILES string of the molecule is CN(c1ccncc1)c1csc2ccccc12.